The van der Waals surface area contributed by atoms with E-state index in [1.807, 2.05) is 0 Å². The van der Waals surface area contributed by atoms with Crippen LogP contribution in [0, 0.1) is 5.92 Å². The smallest absolute Gasteiger partial charge is 0.0553 e. The van der Waals surface area contributed by atoms with E-state index in [4.69, 9.17) is 0 Å². The average molecular weight is 380 g/mol. The van der Waals surface area contributed by atoms with Crippen LogP contribution >= 0.6 is 0 Å². The molecular weight excluding hydrogens is 350 g/mol. The van der Waals surface area contributed by atoms with Crippen molar-refractivity contribution in [3.63, 3.8) is 0 Å². The van der Waals surface area contributed by atoms with E-state index < -0.39 is 0 Å². The van der Waals surface area contributed by atoms with Crippen LogP contribution in [-0.2, 0) is 5.41 Å². The molecule has 0 unspecified atom stereocenters. The molecule has 0 spiro atoms. The van der Waals surface area contributed by atoms with Gasteiger partial charge < -0.3 is 5.32 Å². The summed E-state index contributed by atoms with van der Waals surface area (Å²) < 4.78 is 0. The summed E-state index contributed by atoms with van der Waals surface area (Å²) in [7, 11) is 0. The molecule has 1 nitrogen and oxygen atoms in total. The van der Waals surface area contributed by atoms with Crippen LogP contribution in [0.25, 0.3) is 11.1 Å². The molecule has 1 heteroatoms. The summed E-state index contributed by atoms with van der Waals surface area (Å²) in [5.41, 5.74) is 8.29. The highest BCUT2D eigenvalue weighted by atomic mass is 15.0. The van der Waals surface area contributed by atoms with Gasteiger partial charge in [-0.3, -0.25) is 0 Å². The van der Waals surface area contributed by atoms with Crippen LogP contribution in [0.3, 0.4) is 0 Å². The van der Waals surface area contributed by atoms with Crippen molar-refractivity contribution in [2.75, 3.05) is 5.32 Å². The van der Waals surface area contributed by atoms with Crippen LogP contribution < -0.4 is 5.32 Å². The molecule has 3 atom stereocenters. The number of anilines is 1. The Hall–Kier alpha value is -2.80. The lowest BCUT2D eigenvalue weighted by atomic mass is 9.76. The number of nitrogens with one attached hydrogen (secondary N) is 1. The maximum Gasteiger partial charge on any atom is 0.0553 e. The highest BCUT2D eigenvalue weighted by Gasteiger charge is 2.38. The Morgan fingerprint density at radius 3 is 2.31 bits per heavy atom. The third kappa shape index (κ3) is 3.29. The summed E-state index contributed by atoms with van der Waals surface area (Å²) in [6, 6.07) is 27.2. The van der Waals surface area contributed by atoms with Gasteiger partial charge in [0.1, 0.15) is 0 Å². The first-order valence-electron chi connectivity index (χ1n) is 10.7. The van der Waals surface area contributed by atoms with Gasteiger partial charge in [0, 0.05) is 11.6 Å². The van der Waals surface area contributed by atoms with Gasteiger partial charge >= 0.3 is 0 Å². The van der Waals surface area contributed by atoms with E-state index in [0.717, 1.165) is 6.42 Å². The van der Waals surface area contributed by atoms with Gasteiger partial charge in [-0.2, -0.15) is 0 Å². The number of hydrogen-bond acceptors (Lipinski definition) is 1. The first-order valence-corrected chi connectivity index (χ1v) is 10.7. The van der Waals surface area contributed by atoms with Crippen LogP contribution in [0.15, 0.2) is 84.9 Å². The zero-order valence-corrected chi connectivity index (χ0v) is 17.5. The van der Waals surface area contributed by atoms with E-state index in [1.54, 1.807) is 0 Å². The van der Waals surface area contributed by atoms with Crippen molar-refractivity contribution in [3.8, 4) is 11.1 Å². The van der Waals surface area contributed by atoms with Crippen LogP contribution in [-0.4, -0.2) is 0 Å². The fraction of sp³-hybridized carbons (Fsp3) is 0.286. The minimum atomic E-state index is 0.191. The van der Waals surface area contributed by atoms with Gasteiger partial charge in [0.25, 0.3) is 0 Å². The number of benzene rings is 3. The molecule has 1 N–H and O–H groups in total. The SMILES string of the molecule is CC(C)(C)c1ccc([C@@H]2Nc3ccc(-c4ccccc4)cc3[C@H]3C=CC[C@H]32)cc1. The maximum atomic E-state index is 3.88. The summed E-state index contributed by atoms with van der Waals surface area (Å²) in [6.45, 7) is 6.83. The Labute approximate surface area is 174 Å². The van der Waals surface area contributed by atoms with E-state index in [1.165, 1.54) is 33.5 Å². The Bertz CT molecular complexity index is 1040. The van der Waals surface area contributed by atoms with Gasteiger partial charge in [0.15, 0.2) is 0 Å². The van der Waals surface area contributed by atoms with E-state index in [9.17, 15) is 0 Å². The van der Waals surface area contributed by atoms with Crippen molar-refractivity contribution < 1.29 is 0 Å². The number of rotatable bonds is 2. The zero-order valence-electron chi connectivity index (χ0n) is 17.5. The molecule has 0 fully saturated rings. The van der Waals surface area contributed by atoms with Crippen molar-refractivity contribution in [3.05, 3.63) is 102 Å². The molecule has 1 aliphatic carbocycles. The standard InChI is InChI=1S/C28H29N/c1-28(2,3)22-15-12-20(13-16-22)27-24-11-7-10-23(24)25-18-21(14-17-26(25)29-27)19-8-5-4-6-9-19/h4-10,12-18,23-24,27,29H,11H2,1-3H3/t23-,24+,27-/m0/s1. The second-order valence-electron chi connectivity index (χ2n) is 9.52. The molecule has 3 aromatic carbocycles. The molecule has 146 valence electrons. The highest BCUT2D eigenvalue weighted by Crippen LogP contribution is 2.50. The molecule has 29 heavy (non-hydrogen) atoms. The molecular formula is C28H29N. The summed E-state index contributed by atoms with van der Waals surface area (Å²) in [5.74, 6) is 1.07. The first-order chi connectivity index (χ1) is 14.0. The molecule has 0 amide bonds. The predicted octanol–water partition coefficient (Wildman–Crippen LogP) is 7.48. The van der Waals surface area contributed by atoms with Crippen molar-refractivity contribution in [1.82, 2.24) is 0 Å². The molecule has 5 rings (SSSR count). The molecule has 0 bridgehead atoms. The monoisotopic (exact) mass is 379 g/mol. The quantitative estimate of drug-likeness (QED) is 0.455. The minimum Gasteiger partial charge on any atom is -0.378 e. The topological polar surface area (TPSA) is 12.0 Å². The third-order valence-corrected chi connectivity index (χ3v) is 6.61. The second-order valence-corrected chi connectivity index (χ2v) is 9.52. The number of hydrogen-bond donors (Lipinski definition) is 1. The van der Waals surface area contributed by atoms with Crippen LogP contribution in [0.5, 0.6) is 0 Å². The minimum absolute atomic E-state index is 0.191. The number of fused-ring (bicyclic) bond motifs is 3. The molecule has 1 aliphatic heterocycles. The first kappa shape index (κ1) is 18.2. The van der Waals surface area contributed by atoms with Gasteiger partial charge in [-0.25, -0.2) is 0 Å². The summed E-state index contributed by atoms with van der Waals surface area (Å²) in [6.07, 6.45) is 5.94. The predicted molar refractivity (Wildman–Crippen MR) is 123 cm³/mol. The molecule has 0 radical (unpaired) electrons. The van der Waals surface area contributed by atoms with Crippen molar-refractivity contribution in [2.24, 2.45) is 5.92 Å². The van der Waals surface area contributed by atoms with Crippen molar-refractivity contribution in [2.45, 2.75) is 44.6 Å². The van der Waals surface area contributed by atoms with Gasteiger partial charge in [-0.1, -0.05) is 93.6 Å². The van der Waals surface area contributed by atoms with E-state index in [0.29, 0.717) is 17.9 Å². The highest BCUT2D eigenvalue weighted by molar-refractivity contribution is 5.71. The fourth-order valence-electron chi connectivity index (χ4n) is 4.93. The van der Waals surface area contributed by atoms with Crippen LogP contribution in [0.1, 0.15) is 55.8 Å². The average Bonchev–Trinajstić information content (AvgIpc) is 3.23. The van der Waals surface area contributed by atoms with Gasteiger partial charge in [0.05, 0.1) is 6.04 Å². The zero-order chi connectivity index (χ0) is 20.0. The van der Waals surface area contributed by atoms with Gasteiger partial charge in [0.2, 0.25) is 0 Å². The normalized spacial score (nSPS) is 22.7. The van der Waals surface area contributed by atoms with Crippen molar-refractivity contribution >= 4 is 5.69 Å². The Balaban J connectivity index is 1.50. The van der Waals surface area contributed by atoms with Gasteiger partial charge in [-0.15, -0.1) is 0 Å². The Morgan fingerprint density at radius 1 is 0.828 bits per heavy atom. The summed E-state index contributed by atoms with van der Waals surface area (Å²) in [4.78, 5) is 0. The lowest BCUT2D eigenvalue weighted by Crippen LogP contribution is -2.29. The maximum absolute atomic E-state index is 3.88. The third-order valence-electron chi connectivity index (χ3n) is 6.61. The molecule has 1 heterocycles. The Morgan fingerprint density at radius 2 is 1.59 bits per heavy atom. The fourth-order valence-corrected chi connectivity index (χ4v) is 4.93. The van der Waals surface area contributed by atoms with E-state index in [-0.39, 0.29) is 5.41 Å². The molecule has 0 saturated heterocycles. The molecule has 0 aromatic heterocycles. The van der Waals surface area contributed by atoms with E-state index >= 15 is 0 Å². The van der Waals surface area contributed by atoms with Gasteiger partial charge in [-0.05, 0) is 57.7 Å². The summed E-state index contributed by atoms with van der Waals surface area (Å²) >= 11 is 0. The van der Waals surface area contributed by atoms with Crippen LogP contribution in [0.4, 0.5) is 5.69 Å². The molecule has 0 saturated carbocycles. The lowest BCUT2D eigenvalue weighted by molar-refractivity contribution is 0.425. The molecule has 2 aliphatic rings. The lowest BCUT2D eigenvalue weighted by Gasteiger charge is -2.38. The van der Waals surface area contributed by atoms with E-state index in [2.05, 4.69) is 111 Å². The Kier molecular flexibility index (Phi) is 4.35. The van der Waals surface area contributed by atoms with Crippen molar-refractivity contribution in [1.29, 1.82) is 0 Å². The summed E-state index contributed by atoms with van der Waals surface area (Å²) in [5, 5.41) is 3.88. The number of allylic oxidation sites excluding steroid dienone is 2. The second kappa shape index (κ2) is 6.91. The van der Waals surface area contributed by atoms with Crippen LogP contribution in [0.2, 0.25) is 0 Å². The largest absolute Gasteiger partial charge is 0.378 e. The molecule has 3 aromatic rings.